The minimum absolute atomic E-state index is 0.317. The summed E-state index contributed by atoms with van der Waals surface area (Å²) in [6, 6.07) is 0. The summed E-state index contributed by atoms with van der Waals surface area (Å²) in [5.41, 5.74) is 0. The van der Waals surface area contributed by atoms with Crippen LogP contribution in [0.2, 0.25) is 0 Å². The zero-order chi connectivity index (χ0) is 10.4. The Hall–Kier alpha value is -0.120. The molecule has 0 unspecified atom stereocenters. The van der Waals surface area contributed by atoms with Crippen molar-refractivity contribution in [3.05, 3.63) is 0 Å². The highest BCUT2D eigenvalue weighted by atomic mass is 16.5. The molecule has 0 bridgehead atoms. The first kappa shape index (κ1) is 12.0. The van der Waals surface area contributed by atoms with Crippen molar-refractivity contribution in [3.8, 4) is 0 Å². The summed E-state index contributed by atoms with van der Waals surface area (Å²) >= 11 is 0. The van der Waals surface area contributed by atoms with Gasteiger partial charge in [-0.1, -0.05) is 0 Å². The average Bonchev–Trinajstić information content (AvgIpc) is 2.06. The standard InChI is InChI=1S/C11H23NO2/c1-9(2)13-4-5-14-11-6-10(7-11)8-12-3/h9-12H,4-8H2,1-3H3. The fourth-order valence-electron chi connectivity index (χ4n) is 1.76. The van der Waals surface area contributed by atoms with Crippen LogP contribution in [0.3, 0.4) is 0 Å². The Morgan fingerprint density at radius 3 is 2.57 bits per heavy atom. The van der Waals surface area contributed by atoms with E-state index in [9.17, 15) is 0 Å². The van der Waals surface area contributed by atoms with E-state index >= 15 is 0 Å². The highest BCUT2D eigenvalue weighted by Crippen LogP contribution is 2.29. The molecular formula is C11H23NO2. The highest BCUT2D eigenvalue weighted by Gasteiger charge is 2.28. The van der Waals surface area contributed by atoms with Crippen LogP contribution in [0, 0.1) is 5.92 Å². The summed E-state index contributed by atoms with van der Waals surface area (Å²) in [5.74, 6) is 0.830. The molecule has 1 rings (SSSR count). The zero-order valence-corrected chi connectivity index (χ0v) is 9.58. The van der Waals surface area contributed by atoms with Crippen molar-refractivity contribution in [2.75, 3.05) is 26.8 Å². The molecule has 14 heavy (non-hydrogen) atoms. The Morgan fingerprint density at radius 2 is 2.00 bits per heavy atom. The number of ether oxygens (including phenoxy) is 2. The number of hydrogen-bond acceptors (Lipinski definition) is 3. The molecule has 3 nitrogen and oxygen atoms in total. The van der Waals surface area contributed by atoms with Crippen LogP contribution >= 0.6 is 0 Å². The summed E-state index contributed by atoms with van der Waals surface area (Å²) in [6.45, 7) is 6.70. The Morgan fingerprint density at radius 1 is 1.29 bits per heavy atom. The van der Waals surface area contributed by atoms with Crippen molar-refractivity contribution in [2.45, 2.75) is 38.9 Å². The van der Waals surface area contributed by atoms with Crippen molar-refractivity contribution in [3.63, 3.8) is 0 Å². The number of rotatable bonds is 7. The third kappa shape index (κ3) is 4.40. The van der Waals surface area contributed by atoms with E-state index in [-0.39, 0.29) is 0 Å². The molecule has 1 fully saturated rings. The monoisotopic (exact) mass is 201 g/mol. The molecule has 0 atom stereocenters. The van der Waals surface area contributed by atoms with Crippen molar-refractivity contribution >= 4 is 0 Å². The maximum Gasteiger partial charge on any atom is 0.0704 e. The van der Waals surface area contributed by atoms with Gasteiger partial charge in [-0.3, -0.25) is 0 Å². The van der Waals surface area contributed by atoms with Gasteiger partial charge in [-0.25, -0.2) is 0 Å². The molecule has 0 aromatic carbocycles. The first-order valence-corrected chi connectivity index (χ1v) is 5.60. The van der Waals surface area contributed by atoms with Crippen molar-refractivity contribution in [2.24, 2.45) is 5.92 Å². The first-order chi connectivity index (χ1) is 6.72. The molecule has 1 N–H and O–H groups in total. The van der Waals surface area contributed by atoms with Crippen molar-refractivity contribution in [1.29, 1.82) is 0 Å². The molecule has 1 aliphatic carbocycles. The summed E-state index contributed by atoms with van der Waals surface area (Å²) in [5, 5.41) is 3.19. The molecule has 0 amide bonds. The predicted octanol–water partition coefficient (Wildman–Crippen LogP) is 1.43. The lowest BCUT2D eigenvalue weighted by Gasteiger charge is -2.35. The molecule has 1 aliphatic rings. The Kier molecular flexibility index (Phi) is 5.45. The van der Waals surface area contributed by atoms with E-state index in [4.69, 9.17) is 9.47 Å². The Labute approximate surface area is 87.2 Å². The second kappa shape index (κ2) is 6.38. The molecule has 0 heterocycles. The first-order valence-electron chi connectivity index (χ1n) is 5.60. The topological polar surface area (TPSA) is 30.5 Å². The fraction of sp³-hybridized carbons (Fsp3) is 1.00. The molecule has 0 aromatic rings. The van der Waals surface area contributed by atoms with Gasteiger partial charge in [-0.2, -0.15) is 0 Å². The predicted molar refractivity (Wildman–Crippen MR) is 57.5 cm³/mol. The lowest BCUT2D eigenvalue weighted by atomic mass is 9.82. The molecule has 0 saturated heterocycles. The van der Waals surface area contributed by atoms with Gasteiger partial charge < -0.3 is 14.8 Å². The molecule has 1 saturated carbocycles. The smallest absolute Gasteiger partial charge is 0.0704 e. The third-order valence-electron chi connectivity index (χ3n) is 2.57. The lowest BCUT2D eigenvalue weighted by molar-refractivity contribution is -0.0595. The SMILES string of the molecule is CNCC1CC(OCCOC(C)C)C1. The maximum atomic E-state index is 5.65. The summed E-state index contributed by atoms with van der Waals surface area (Å²) in [4.78, 5) is 0. The van der Waals surface area contributed by atoms with Crippen LogP contribution in [0.1, 0.15) is 26.7 Å². The van der Waals surface area contributed by atoms with E-state index in [2.05, 4.69) is 5.32 Å². The normalized spacial score (nSPS) is 26.6. The van der Waals surface area contributed by atoms with E-state index in [1.54, 1.807) is 0 Å². The largest absolute Gasteiger partial charge is 0.376 e. The molecule has 0 aliphatic heterocycles. The van der Waals surface area contributed by atoms with Crippen molar-refractivity contribution < 1.29 is 9.47 Å². The van der Waals surface area contributed by atoms with Gasteiger partial charge in [0.1, 0.15) is 0 Å². The third-order valence-corrected chi connectivity index (χ3v) is 2.57. The van der Waals surface area contributed by atoms with Crippen LogP contribution in [0.4, 0.5) is 0 Å². The molecule has 84 valence electrons. The van der Waals surface area contributed by atoms with Crippen LogP contribution in [-0.2, 0) is 9.47 Å². The second-order valence-electron chi connectivity index (χ2n) is 4.31. The molecule has 0 radical (unpaired) electrons. The Balaban J connectivity index is 1.86. The molecule has 0 aromatic heterocycles. The highest BCUT2D eigenvalue weighted by molar-refractivity contribution is 4.81. The fourth-order valence-corrected chi connectivity index (χ4v) is 1.76. The van der Waals surface area contributed by atoms with Crippen LogP contribution in [0.25, 0.3) is 0 Å². The minimum Gasteiger partial charge on any atom is -0.376 e. The average molecular weight is 201 g/mol. The van der Waals surface area contributed by atoms with Gasteiger partial charge >= 0.3 is 0 Å². The van der Waals surface area contributed by atoms with E-state index in [0.29, 0.717) is 12.2 Å². The maximum absolute atomic E-state index is 5.65. The second-order valence-corrected chi connectivity index (χ2v) is 4.31. The van der Waals surface area contributed by atoms with E-state index < -0.39 is 0 Å². The van der Waals surface area contributed by atoms with E-state index in [0.717, 1.165) is 25.7 Å². The quantitative estimate of drug-likeness (QED) is 0.632. The van der Waals surface area contributed by atoms with Gasteiger partial charge in [0.05, 0.1) is 25.4 Å². The van der Waals surface area contributed by atoms with Crippen LogP contribution in [0.15, 0.2) is 0 Å². The zero-order valence-electron chi connectivity index (χ0n) is 9.58. The van der Waals surface area contributed by atoms with Crippen LogP contribution < -0.4 is 5.32 Å². The minimum atomic E-state index is 0.317. The van der Waals surface area contributed by atoms with E-state index in [1.807, 2.05) is 20.9 Å². The molecular weight excluding hydrogens is 178 g/mol. The number of nitrogens with one attached hydrogen (secondary N) is 1. The van der Waals surface area contributed by atoms with E-state index in [1.165, 1.54) is 12.8 Å². The Bertz CT molecular complexity index is 144. The summed E-state index contributed by atoms with van der Waals surface area (Å²) in [7, 11) is 2.00. The summed E-state index contributed by atoms with van der Waals surface area (Å²) < 4.78 is 11.0. The molecule has 0 spiro atoms. The van der Waals surface area contributed by atoms with Crippen LogP contribution in [-0.4, -0.2) is 39.0 Å². The van der Waals surface area contributed by atoms with Gasteiger partial charge in [0.2, 0.25) is 0 Å². The van der Waals surface area contributed by atoms with Crippen molar-refractivity contribution in [1.82, 2.24) is 5.32 Å². The van der Waals surface area contributed by atoms with Gasteiger partial charge in [-0.15, -0.1) is 0 Å². The van der Waals surface area contributed by atoms with Gasteiger partial charge in [-0.05, 0) is 46.2 Å². The van der Waals surface area contributed by atoms with Gasteiger partial charge in [0.25, 0.3) is 0 Å². The lowest BCUT2D eigenvalue weighted by Crippen LogP contribution is -2.37. The summed E-state index contributed by atoms with van der Waals surface area (Å²) in [6.07, 6.45) is 3.23. The molecule has 3 heteroatoms. The number of hydrogen-bond donors (Lipinski definition) is 1. The van der Waals surface area contributed by atoms with Crippen LogP contribution in [0.5, 0.6) is 0 Å². The van der Waals surface area contributed by atoms with Gasteiger partial charge in [0, 0.05) is 0 Å². The van der Waals surface area contributed by atoms with Gasteiger partial charge in [0.15, 0.2) is 0 Å².